The number of hydrogen-bond donors (Lipinski definition) is 1. The van der Waals surface area contributed by atoms with E-state index in [1.807, 2.05) is 24.3 Å². The number of hydrogen-bond acceptors (Lipinski definition) is 2. The first-order valence-electron chi connectivity index (χ1n) is 3.10. The molecule has 1 aliphatic heterocycles. The summed E-state index contributed by atoms with van der Waals surface area (Å²) in [4.78, 5) is 4.09. The molecule has 1 aliphatic rings. The van der Waals surface area contributed by atoms with Gasteiger partial charge in [-0.2, -0.15) is 0 Å². The van der Waals surface area contributed by atoms with Crippen molar-refractivity contribution in [2.75, 3.05) is 0 Å². The second-order valence-corrected chi connectivity index (χ2v) is 2.04. The van der Waals surface area contributed by atoms with Crippen LogP contribution in [0.4, 0.5) is 5.69 Å². The zero-order chi connectivity index (χ0) is 6.81. The van der Waals surface area contributed by atoms with Crippen LogP contribution >= 0.6 is 0 Å². The number of aliphatic imine (C=N–C) groups is 1. The number of nitrogens with one attached hydrogen (secondary N) is 1. The van der Waals surface area contributed by atoms with Gasteiger partial charge >= 0.3 is 0 Å². The fourth-order valence-electron chi connectivity index (χ4n) is 0.904. The Labute approximate surface area is 59.6 Å². The standard InChI is InChI=1S/C8H6N2/c1-2-4-8-7(3-1)5-9-6-10-8/h1-4,6H,(H,9,10). The van der Waals surface area contributed by atoms with Crippen LogP contribution in [-0.2, 0) is 0 Å². The molecule has 48 valence electrons. The van der Waals surface area contributed by atoms with Gasteiger partial charge in [-0.15, -0.1) is 0 Å². The van der Waals surface area contributed by atoms with Crippen molar-refractivity contribution >= 4 is 12.0 Å². The first kappa shape index (κ1) is 5.47. The Hall–Kier alpha value is -1.31. The van der Waals surface area contributed by atoms with E-state index in [2.05, 4.69) is 16.9 Å². The lowest BCUT2D eigenvalue weighted by atomic mass is 10.2. The van der Waals surface area contributed by atoms with Crippen LogP contribution < -0.4 is 5.32 Å². The smallest absolute Gasteiger partial charge is 0.126 e. The van der Waals surface area contributed by atoms with Gasteiger partial charge < -0.3 is 5.32 Å². The molecular formula is C8H6N2. The number of para-hydroxylation sites is 1. The minimum atomic E-state index is 0.973. The van der Waals surface area contributed by atoms with Gasteiger partial charge in [-0.25, -0.2) is 4.99 Å². The van der Waals surface area contributed by atoms with Crippen LogP contribution in [0.1, 0.15) is 5.56 Å². The third kappa shape index (κ3) is 0.778. The van der Waals surface area contributed by atoms with E-state index in [1.54, 1.807) is 6.34 Å². The third-order valence-corrected chi connectivity index (χ3v) is 1.38. The van der Waals surface area contributed by atoms with Gasteiger partial charge in [-0.05, 0) is 6.07 Å². The van der Waals surface area contributed by atoms with Crippen LogP contribution in [0, 0.1) is 6.54 Å². The van der Waals surface area contributed by atoms with Gasteiger partial charge in [0, 0.05) is 5.56 Å². The Balaban J connectivity index is 2.54. The van der Waals surface area contributed by atoms with Gasteiger partial charge in [0.05, 0.1) is 12.0 Å². The molecule has 0 fully saturated rings. The van der Waals surface area contributed by atoms with Gasteiger partial charge in [0.15, 0.2) is 0 Å². The molecule has 10 heavy (non-hydrogen) atoms. The van der Waals surface area contributed by atoms with Crippen molar-refractivity contribution in [3.05, 3.63) is 36.4 Å². The molecule has 1 heterocycles. The molecule has 0 bridgehead atoms. The van der Waals surface area contributed by atoms with Crippen LogP contribution in [0.2, 0.25) is 0 Å². The van der Waals surface area contributed by atoms with Crippen molar-refractivity contribution < 1.29 is 0 Å². The largest absolute Gasteiger partial charge is 0.361 e. The molecule has 0 aromatic heterocycles. The van der Waals surface area contributed by atoms with Crippen LogP contribution in [0.15, 0.2) is 29.3 Å². The lowest BCUT2D eigenvalue weighted by Crippen LogP contribution is -2.10. The lowest BCUT2D eigenvalue weighted by molar-refractivity contribution is 1.13. The Bertz CT molecular complexity index is 266. The molecule has 0 spiro atoms. The maximum atomic E-state index is 4.09. The summed E-state index contributed by atoms with van der Waals surface area (Å²) in [7, 11) is 0. The molecule has 0 saturated carbocycles. The van der Waals surface area contributed by atoms with Gasteiger partial charge in [0.25, 0.3) is 0 Å². The van der Waals surface area contributed by atoms with E-state index in [9.17, 15) is 0 Å². The molecule has 0 unspecified atom stereocenters. The van der Waals surface area contributed by atoms with E-state index in [4.69, 9.17) is 0 Å². The van der Waals surface area contributed by atoms with Crippen LogP contribution in [0.5, 0.6) is 0 Å². The van der Waals surface area contributed by atoms with Crippen molar-refractivity contribution in [1.29, 1.82) is 0 Å². The monoisotopic (exact) mass is 130 g/mol. The van der Waals surface area contributed by atoms with Crippen molar-refractivity contribution in [2.45, 2.75) is 0 Å². The van der Waals surface area contributed by atoms with Crippen LogP contribution in [-0.4, -0.2) is 6.34 Å². The first-order chi connectivity index (χ1) is 4.97. The Kier molecular flexibility index (Phi) is 1.17. The molecule has 2 heteroatoms. The van der Waals surface area contributed by atoms with E-state index in [1.165, 1.54) is 0 Å². The zero-order valence-electron chi connectivity index (χ0n) is 5.33. The normalized spacial score (nSPS) is 14.0. The van der Waals surface area contributed by atoms with Crippen LogP contribution in [0.3, 0.4) is 0 Å². The Morgan fingerprint density at radius 3 is 3.10 bits per heavy atom. The summed E-state index contributed by atoms with van der Waals surface area (Å²) in [5.74, 6) is 0. The predicted octanol–water partition coefficient (Wildman–Crippen LogP) is 1.34. The molecule has 0 aliphatic carbocycles. The molecule has 0 amide bonds. The quantitative estimate of drug-likeness (QED) is 0.563. The summed E-state index contributed by atoms with van der Waals surface area (Å²) in [6.45, 7) is 2.96. The molecule has 2 rings (SSSR count). The fraction of sp³-hybridized carbons (Fsp3) is 0. The van der Waals surface area contributed by atoms with Crippen molar-refractivity contribution in [3.63, 3.8) is 0 Å². The average molecular weight is 130 g/mol. The summed E-state index contributed by atoms with van der Waals surface area (Å²) >= 11 is 0. The number of nitrogens with zero attached hydrogens (tertiary/aromatic N) is 1. The number of rotatable bonds is 0. The summed E-state index contributed by atoms with van der Waals surface area (Å²) in [5, 5.41) is 2.80. The van der Waals surface area contributed by atoms with E-state index >= 15 is 0 Å². The lowest BCUT2D eigenvalue weighted by Gasteiger charge is -2.07. The second-order valence-electron chi connectivity index (χ2n) is 2.04. The minimum Gasteiger partial charge on any atom is -0.361 e. The van der Waals surface area contributed by atoms with Crippen LogP contribution in [0.25, 0.3) is 0 Å². The van der Waals surface area contributed by atoms with E-state index in [0.717, 1.165) is 11.3 Å². The van der Waals surface area contributed by atoms with Gasteiger partial charge in [-0.1, -0.05) is 18.2 Å². The summed E-state index contributed by atoms with van der Waals surface area (Å²) in [5.41, 5.74) is 1.99. The van der Waals surface area contributed by atoms with Crippen molar-refractivity contribution in [3.8, 4) is 0 Å². The first-order valence-corrected chi connectivity index (χ1v) is 3.10. The second kappa shape index (κ2) is 2.14. The van der Waals surface area contributed by atoms with Gasteiger partial charge in [0.2, 0.25) is 0 Å². The number of fused-ring (bicyclic) bond motifs is 1. The van der Waals surface area contributed by atoms with Crippen molar-refractivity contribution in [1.82, 2.24) is 5.32 Å². The molecule has 1 N–H and O–H groups in total. The zero-order valence-corrected chi connectivity index (χ0v) is 5.33. The van der Waals surface area contributed by atoms with E-state index < -0.39 is 0 Å². The van der Waals surface area contributed by atoms with Gasteiger partial charge in [-0.3, -0.25) is 0 Å². The highest BCUT2D eigenvalue weighted by Gasteiger charge is 2.02. The highest BCUT2D eigenvalue weighted by Crippen LogP contribution is 2.20. The topological polar surface area (TPSA) is 24.4 Å². The predicted molar refractivity (Wildman–Crippen MR) is 40.1 cm³/mol. The van der Waals surface area contributed by atoms with E-state index in [-0.39, 0.29) is 0 Å². The molecule has 1 aromatic rings. The maximum absolute atomic E-state index is 4.09. The van der Waals surface area contributed by atoms with E-state index in [0.29, 0.717) is 0 Å². The number of benzene rings is 1. The summed E-state index contributed by atoms with van der Waals surface area (Å²) in [6, 6.07) is 7.86. The highest BCUT2D eigenvalue weighted by atomic mass is 15.0. The molecule has 1 aromatic carbocycles. The average Bonchev–Trinajstić information content (AvgIpc) is 2.05. The Morgan fingerprint density at radius 1 is 1.30 bits per heavy atom. The van der Waals surface area contributed by atoms with Gasteiger partial charge in [0.1, 0.15) is 6.54 Å². The molecular weight excluding hydrogens is 124 g/mol. The molecule has 2 radical (unpaired) electrons. The summed E-state index contributed by atoms with van der Waals surface area (Å²) < 4.78 is 0. The Morgan fingerprint density at radius 2 is 2.20 bits per heavy atom. The molecule has 2 nitrogen and oxygen atoms in total. The maximum Gasteiger partial charge on any atom is 0.126 e. The minimum absolute atomic E-state index is 0.973. The molecule has 0 atom stereocenters. The van der Waals surface area contributed by atoms with Crippen molar-refractivity contribution in [2.24, 2.45) is 4.99 Å². The summed E-state index contributed by atoms with van der Waals surface area (Å²) in [6.07, 6.45) is 1.63. The molecule has 0 saturated heterocycles. The SMILES string of the molecule is [C]1NC=Nc2ccccc21. The fourth-order valence-corrected chi connectivity index (χ4v) is 0.904. The highest BCUT2D eigenvalue weighted by molar-refractivity contribution is 5.69. The third-order valence-electron chi connectivity index (χ3n) is 1.38.